The molecule has 180 valence electrons. The van der Waals surface area contributed by atoms with E-state index < -0.39 is 17.2 Å². The standard InChI is InChI=1S/C26H30FN3O4/c1-3-12-30(13-4-2)26(33)23-18-29(16-21-9-6-14-34-21)17-22(24(23)31)25(32)28-11-10-19-7-5-8-20(27)15-19/h3-5,7-8,15,17-18,21H,1-2,6,9-14,16H2,(H,28,32)/t21-/m0/s1. The average molecular weight is 468 g/mol. The highest BCUT2D eigenvalue weighted by Crippen LogP contribution is 2.15. The first-order chi connectivity index (χ1) is 16.4. The number of nitrogens with zero attached hydrogens (tertiary/aromatic N) is 2. The largest absolute Gasteiger partial charge is 0.376 e. The van der Waals surface area contributed by atoms with E-state index in [2.05, 4.69) is 18.5 Å². The van der Waals surface area contributed by atoms with Crippen LogP contribution in [0, 0.1) is 5.82 Å². The van der Waals surface area contributed by atoms with Crippen molar-refractivity contribution in [1.82, 2.24) is 14.8 Å². The third-order valence-electron chi connectivity index (χ3n) is 5.57. The molecule has 0 spiro atoms. The van der Waals surface area contributed by atoms with Gasteiger partial charge in [-0.1, -0.05) is 24.3 Å². The molecule has 1 atom stereocenters. The number of carbonyl (C=O) groups is 2. The van der Waals surface area contributed by atoms with Crippen molar-refractivity contribution in [3.8, 4) is 0 Å². The van der Waals surface area contributed by atoms with Crippen LogP contribution < -0.4 is 10.7 Å². The molecule has 2 aromatic rings. The molecule has 34 heavy (non-hydrogen) atoms. The van der Waals surface area contributed by atoms with Crippen molar-refractivity contribution in [2.75, 3.05) is 26.2 Å². The minimum atomic E-state index is -0.644. The third-order valence-corrected chi connectivity index (χ3v) is 5.57. The molecule has 8 heteroatoms. The van der Waals surface area contributed by atoms with Gasteiger partial charge >= 0.3 is 0 Å². The Balaban J connectivity index is 1.86. The number of nitrogens with one attached hydrogen (secondary N) is 1. The maximum atomic E-state index is 13.4. The van der Waals surface area contributed by atoms with Crippen LogP contribution in [-0.4, -0.2) is 53.6 Å². The van der Waals surface area contributed by atoms with E-state index in [9.17, 15) is 18.8 Å². The van der Waals surface area contributed by atoms with Crippen LogP contribution in [-0.2, 0) is 17.7 Å². The number of benzene rings is 1. The molecule has 3 rings (SSSR count). The number of amides is 2. The molecule has 1 N–H and O–H groups in total. The van der Waals surface area contributed by atoms with E-state index in [0.717, 1.165) is 18.4 Å². The predicted octanol–water partition coefficient (Wildman–Crippen LogP) is 2.95. The van der Waals surface area contributed by atoms with Gasteiger partial charge in [-0.2, -0.15) is 0 Å². The summed E-state index contributed by atoms with van der Waals surface area (Å²) in [7, 11) is 0. The van der Waals surface area contributed by atoms with E-state index in [-0.39, 0.29) is 42.7 Å². The number of carbonyl (C=O) groups excluding carboxylic acids is 2. The van der Waals surface area contributed by atoms with Crippen LogP contribution >= 0.6 is 0 Å². The summed E-state index contributed by atoms with van der Waals surface area (Å²) in [6.07, 6.45) is 8.23. The van der Waals surface area contributed by atoms with Gasteiger partial charge in [-0.25, -0.2) is 4.39 Å². The van der Waals surface area contributed by atoms with E-state index in [1.807, 2.05) is 0 Å². The Kier molecular flexibility index (Phi) is 8.93. The number of pyridine rings is 1. The fourth-order valence-corrected chi connectivity index (χ4v) is 3.90. The van der Waals surface area contributed by atoms with Crippen LogP contribution in [0.3, 0.4) is 0 Å². The molecular formula is C26H30FN3O4. The topological polar surface area (TPSA) is 80.6 Å². The van der Waals surface area contributed by atoms with Gasteiger partial charge in [0.1, 0.15) is 16.9 Å². The molecule has 0 bridgehead atoms. The molecule has 2 amide bonds. The van der Waals surface area contributed by atoms with Crippen LogP contribution in [0.25, 0.3) is 0 Å². The van der Waals surface area contributed by atoms with Crippen molar-refractivity contribution in [3.05, 3.63) is 94.7 Å². The maximum Gasteiger partial charge on any atom is 0.259 e. The molecule has 1 aromatic heterocycles. The van der Waals surface area contributed by atoms with Crippen molar-refractivity contribution in [2.24, 2.45) is 0 Å². The lowest BCUT2D eigenvalue weighted by Gasteiger charge is -2.21. The molecule has 1 fully saturated rings. The van der Waals surface area contributed by atoms with Gasteiger partial charge < -0.3 is 19.5 Å². The van der Waals surface area contributed by atoms with E-state index in [1.54, 1.807) is 28.9 Å². The Morgan fingerprint density at radius 1 is 1.21 bits per heavy atom. The van der Waals surface area contributed by atoms with Gasteiger partial charge in [0.15, 0.2) is 0 Å². The number of hydrogen-bond acceptors (Lipinski definition) is 4. The number of ether oxygens (including phenoxy) is 1. The Bertz CT molecular complexity index is 1100. The molecule has 1 aromatic carbocycles. The van der Waals surface area contributed by atoms with Crippen LogP contribution in [0.1, 0.15) is 39.1 Å². The summed E-state index contributed by atoms with van der Waals surface area (Å²) < 4.78 is 20.7. The van der Waals surface area contributed by atoms with Crippen LogP contribution in [0.15, 0.2) is 66.8 Å². The molecule has 0 saturated carbocycles. The molecule has 0 radical (unpaired) electrons. The summed E-state index contributed by atoms with van der Waals surface area (Å²) in [6, 6.07) is 6.11. The van der Waals surface area contributed by atoms with Crippen LogP contribution in [0.2, 0.25) is 0 Å². The SMILES string of the molecule is C=CCN(CC=C)C(=O)c1cn(C[C@@H]2CCCO2)cc(C(=O)NCCc2cccc(F)c2)c1=O. The predicted molar refractivity (Wildman–Crippen MR) is 128 cm³/mol. The maximum absolute atomic E-state index is 13.4. The second-order valence-corrected chi connectivity index (χ2v) is 8.17. The van der Waals surface area contributed by atoms with Crippen molar-refractivity contribution >= 4 is 11.8 Å². The lowest BCUT2D eigenvalue weighted by Crippen LogP contribution is -2.38. The van der Waals surface area contributed by atoms with Crippen LogP contribution in [0.4, 0.5) is 4.39 Å². The average Bonchev–Trinajstić information content (AvgIpc) is 3.32. The van der Waals surface area contributed by atoms with Gasteiger partial charge in [-0.15, -0.1) is 13.2 Å². The zero-order chi connectivity index (χ0) is 24.5. The summed E-state index contributed by atoms with van der Waals surface area (Å²) in [4.78, 5) is 40.7. The zero-order valence-electron chi connectivity index (χ0n) is 19.2. The number of rotatable bonds is 11. The molecule has 1 aliphatic rings. The monoisotopic (exact) mass is 467 g/mol. The summed E-state index contributed by atoms with van der Waals surface area (Å²) in [5.74, 6) is -1.44. The summed E-state index contributed by atoms with van der Waals surface area (Å²) in [6.45, 7) is 9.10. The third kappa shape index (κ3) is 6.51. The van der Waals surface area contributed by atoms with Crippen molar-refractivity contribution < 1.29 is 18.7 Å². The Labute approximate surface area is 198 Å². The second-order valence-electron chi connectivity index (χ2n) is 8.17. The highest BCUT2D eigenvalue weighted by molar-refractivity contribution is 5.99. The lowest BCUT2D eigenvalue weighted by atomic mass is 10.1. The highest BCUT2D eigenvalue weighted by Gasteiger charge is 2.24. The summed E-state index contributed by atoms with van der Waals surface area (Å²) in [5.41, 5.74) is -0.140. The van der Waals surface area contributed by atoms with E-state index in [4.69, 9.17) is 4.74 Å². The number of hydrogen-bond donors (Lipinski definition) is 1. The lowest BCUT2D eigenvalue weighted by molar-refractivity contribution is 0.0785. The van der Waals surface area contributed by atoms with Crippen LogP contribution in [0.5, 0.6) is 0 Å². The van der Waals surface area contributed by atoms with Crippen molar-refractivity contribution in [1.29, 1.82) is 0 Å². The molecular weight excluding hydrogens is 437 g/mol. The van der Waals surface area contributed by atoms with Gasteiger partial charge in [0, 0.05) is 45.2 Å². The zero-order valence-corrected chi connectivity index (χ0v) is 19.2. The minimum absolute atomic E-state index is 0.0493. The highest BCUT2D eigenvalue weighted by atomic mass is 19.1. The second kappa shape index (κ2) is 12.1. The fraction of sp³-hybridized carbons (Fsp3) is 0.346. The van der Waals surface area contributed by atoms with E-state index in [1.165, 1.54) is 29.4 Å². The first kappa shape index (κ1) is 25.1. The van der Waals surface area contributed by atoms with Crippen molar-refractivity contribution in [2.45, 2.75) is 31.9 Å². The molecule has 0 aliphatic carbocycles. The Morgan fingerprint density at radius 3 is 2.59 bits per heavy atom. The van der Waals surface area contributed by atoms with Gasteiger partial charge in [-0.05, 0) is 37.0 Å². The minimum Gasteiger partial charge on any atom is -0.376 e. The first-order valence-electron chi connectivity index (χ1n) is 11.3. The van der Waals surface area contributed by atoms with Gasteiger partial charge in [0.05, 0.1) is 6.10 Å². The molecule has 1 saturated heterocycles. The quantitative estimate of drug-likeness (QED) is 0.516. The summed E-state index contributed by atoms with van der Waals surface area (Å²) >= 11 is 0. The van der Waals surface area contributed by atoms with E-state index >= 15 is 0 Å². The van der Waals surface area contributed by atoms with Gasteiger partial charge in [0.2, 0.25) is 5.43 Å². The normalized spacial score (nSPS) is 15.0. The molecule has 0 unspecified atom stereocenters. The molecule has 7 nitrogen and oxygen atoms in total. The fourth-order valence-electron chi connectivity index (χ4n) is 3.90. The van der Waals surface area contributed by atoms with E-state index in [0.29, 0.717) is 19.6 Å². The Morgan fingerprint density at radius 2 is 1.94 bits per heavy atom. The molecule has 2 heterocycles. The number of halogens is 1. The summed E-state index contributed by atoms with van der Waals surface area (Å²) in [5, 5.41) is 2.71. The molecule has 1 aliphatic heterocycles. The van der Waals surface area contributed by atoms with Gasteiger partial charge in [-0.3, -0.25) is 14.4 Å². The Hall–Kier alpha value is -3.52. The van der Waals surface area contributed by atoms with Crippen molar-refractivity contribution in [3.63, 3.8) is 0 Å². The smallest absolute Gasteiger partial charge is 0.259 e. The first-order valence-corrected chi connectivity index (χ1v) is 11.3. The van der Waals surface area contributed by atoms with Gasteiger partial charge in [0.25, 0.3) is 11.8 Å². The number of aromatic nitrogens is 1.